The first kappa shape index (κ1) is 5.36. The van der Waals surface area contributed by atoms with Gasteiger partial charge in [0.2, 0.25) is 5.88 Å². The van der Waals surface area contributed by atoms with Crippen LogP contribution in [0, 0.1) is 0 Å². The summed E-state index contributed by atoms with van der Waals surface area (Å²) >= 11 is 0. The fourth-order valence-electron chi connectivity index (χ4n) is 0.848. The van der Waals surface area contributed by atoms with Gasteiger partial charge in [-0.1, -0.05) is 0 Å². The van der Waals surface area contributed by atoms with E-state index in [9.17, 15) is 0 Å². The lowest BCUT2D eigenvalue weighted by atomic mass is 10.8. The number of hydroxylamine groups is 2. The molecule has 6 heteroatoms. The third-order valence-electron chi connectivity index (χ3n) is 1.22. The van der Waals surface area contributed by atoms with Crippen molar-refractivity contribution in [1.29, 1.82) is 0 Å². The van der Waals surface area contributed by atoms with E-state index in [1.54, 1.807) is 0 Å². The molecular formula is C4H6N4O2. The molecule has 0 unspecified atom stereocenters. The van der Waals surface area contributed by atoms with E-state index >= 15 is 0 Å². The summed E-state index contributed by atoms with van der Waals surface area (Å²) < 4.78 is 4.87. The summed E-state index contributed by atoms with van der Waals surface area (Å²) in [4.78, 5) is 0. The van der Waals surface area contributed by atoms with E-state index in [4.69, 9.17) is 15.7 Å². The molecule has 0 radical (unpaired) electrons. The van der Waals surface area contributed by atoms with Crippen LogP contribution in [0.5, 0.6) is 0 Å². The lowest BCUT2D eigenvalue weighted by molar-refractivity contribution is -0.0545. The predicted molar refractivity (Wildman–Crippen MR) is 31.1 cm³/mol. The van der Waals surface area contributed by atoms with E-state index in [0.717, 1.165) is 5.06 Å². The van der Waals surface area contributed by atoms with Crippen LogP contribution in [0.3, 0.4) is 0 Å². The van der Waals surface area contributed by atoms with Gasteiger partial charge in [0, 0.05) is 0 Å². The molecule has 0 aromatic heterocycles. The molecule has 0 aromatic carbocycles. The Hall–Kier alpha value is -1.43. The van der Waals surface area contributed by atoms with Crippen LogP contribution < -0.4 is 5.73 Å². The number of rotatable bonds is 0. The van der Waals surface area contributed by atoms with Gasteiger partial charge in [-0.05, 0) is 0 Å². The van der Waals surface area contributed by atoms with Crippen LogP contribution in [0.1, 0.15) is 0 Å². The minimum Gasteiger partial charge on any atom is -0.404 e. The predicted octanol–water partition coefficient (Wildman–Crippen LogP) is -0.991. The van der Waals surface area contributed by atoms with E-state index in [-0.39, 0.29) is 12.7 Å². The average molecular weight is 142 g/mol. The quantitative estimate of drug-likeness (QED) is 0.454. The molecule has 2 rings (SSSR count). The summed E-state index contributed by atoms with van der Waals surface area (Å²) in [7, 11) is 0. The highest BCUT2D eigenvalue weighted by atomic mass is 16.6. The fraction of sp³-hybridized carbons (Fsp3) is 0.250. The first-order chi connectivity index (χ1) is 4.75. The normalized spacial score (nSPS) is 22.1. The number of amidine groups is 1. The molecule has 0 saturated heterocycles. The Morgan fingerprint density at radius 3 is 3.30 bits per heavy atom. The molecule has 0 aromatic rings. The third kappa shape index (κ3) is 0.591. The molecule has 10 heavy (non-hydrogen) atoms. The molecule has 54 valence electrons. The number of nitrogens with two attached hydrogens (primary N) is 1. The van der Waals surface area contributed by atoms with Gasteiger partial charge in [-0.15, -0.1) is 5.10 Å². The van der Waals surface area contributed by atoms with Crippen molar-refractivity contribution in [3.63, 3.8) is 0 Å². The summed E-state index contributed by atoms with van der Waals surface area (Å²) in [5.74, 6) is 0.458. The molecule has 6 nitrogen and oxygen atoms in total. The van der Waals surface area contributed by atoms with Gasteiger partial charge in [-0.2, -0.15) is 0 Å². The van der Waals surface area contributed by atoms with Crippen LogP contribution in [0.2, 0.25) is 0 Å². The van der Waals surface area contributed by atoms with Crippen molar-refractivity contribution in [2.24, 2.45) is 10.8 Å². The molecular weight excluding hydrogens is 136 g/mol. The van der Waals surface area contributed by atoms with Gasteiger partial charge in [0.25, 0.3) is 0 Å². The van der Waals surface area contributed by atoms with Crippen molar-refractivity contribution < 1.29 is 9.94 Å². The van der Waals surface area contributed by atoms with E-state index in [1.807, 2.05) is 0 Å². The van der Waals surface area contributed by atoms with Crippen molar-refractivity contribution in [2.75, 3.05) is 6.67 Å². The molecule has 0 amide bonds. The first-order valence-electron chi connectivity index (χ1n) is 2.72. The van der Waals surface area contributed by atoms with E-state index in [0.29, 0.717) is 5.88 Å². The molecule has 0 aliphatic carbocycles. The van der Waals surface area contributed by atoms with Crippen LogP contribution in [-0.2, 0) is 4.74 Å². The maximum absolute atomic E-state index is 8.85. The molecule has 3 N–H and O–H groups in total. The summed E-state index contributed by atoms with van der Waals surface area (Å²) in [5.41, 5.74) is 5.22. The second kappa shape index (κ2) is 1.54. The third-order valence-corrected chi connectivity index (χ3v) is 1.22. The Bertz CT molecular complexity index is 223. The number of fused-ring (bicyclic) bond motifs is 1. The molecule has 2 heterocycles. The second-order valence-corrected chi connectivity index (χ2v) is 1.99. The van der Waals surface area contributed by atoms with Gasteiger partial charge < -0.3 is 10.5 Å². The van der Waals surface area contributed by atoms with Crippen molar-refractivity contribution in [3.05, 3.63) is 12.1 Å². The Morgan fingerprint density at radius 2 is 2.60 bits per heavy atom. The molecule has 0 saturated carbocycles. The minimum atomic E-state index is 0.111. The summed E-state index contributed by atoms with van der Waals surface area (Å²) in [6.45, 7) is 0.274. The maximum Gasteiger partial charge on any atom is 0.311 e. The Labute approximate surface area is 56.7 Å². The number of hydrogen-bond donors (Lipinski definition) is 2. The molecule has 2 aliphatic rings. The van der Waals surface area contributed by atoms with E-state index < -0.39 is 0 Å². The highest BCUT2D eigenvalue weighted by Crippen LogP contribution is 2.19. The Morgan fingerprint density at radius 1 is 1.80 bits per heavy atom. The van der Waals surface area contributed by atoms with E-state index in [1.165, 1.54) is 11.2 Å². The molecule has 0 bridgehead atoms. The Kier molecular flexibility index (Phi) is 0.825. The SMILES string of the molecule is NC1=NN2CN(O)C=C2O1. The molecule has 0 spiro atoms. The lowest BCUT2D eigenvalue weighted by Crippen LogP contribution is -2.18. The average Bonchev–Trinajstić information content (AvgIpc) is 2.21. The topological polar surface area (TPSA) is 74.3 Å². The van der Waals surface area contributed by atoms with Gasteiger partial charge in [0.1, 0.15) is 6.67 Å². The highest BCUT2D eigenvalue weighted by molar-refractivity contribution is 5.73. The maximum atomic E-state index is 8.85. The molecule has 0 fully saturated rings. The van der Waals surface area contributed by atoms with Crippen molar-refractivity contribution >= 4 is 6.02 Å². The van der Waals surface area contributed by atoms with Gasteiger partial charge in [-0.25, -0.2) is 10.1 Å². The number of hydrazone groups is 1. The smallest absolute Gasteiger partial charge is 0.311 e. The molecule has 0 atom stereocenters. The fourth-order valence-corrected chi connectivity index (χ4v) is 0.848. The highest BCUT2D eigenvalue weighted by Gasteiger charge is 2.27. The van der Waals surface area contributed by atoms with Crippen LogP contribution in [0.25, 0.3) is 0 Å². The van der Waals surface area contributed by atoms with Crippen LogP contribution >= 0.6 is 0 Å². The van der Waals surface area contributed by atoms with Gasteiger partial charge in [0.05, 0.1) is 6.20 Å². The van der Waals surface area contributed by atoms with Crippen molar-refractivity contribution in [3.8, 4) is 0 Å². The monoisotopic (exact) mass is 142 g/mol. The number of ether oxygens (including phenoxy) is 1. The zero-order valence-corrected chi connectivity index (χ0v) is 5.06. The van der Waals surface area contributed by atoms with Crippen LogP contribution in [0.4, 0.5) is 0 Å². The van der Waals surface area contributed by atoms with Gasteiger partial charge in [-0.3, -0.25) is 5.21 Å². The Balaban J connectivity index is 2.22. The summed E-state index contributed by atoms with van der Waals surface area (Å²) in [5, 5.41) is 15.0. The minimum absolute atomic E-state index is 0.111. The standard InChI is InChI=1S/C4H6N4O2/c5-4-6-8-2-7(9)1-3(8)10-4/h1,9H,2H2,(H2,5,6). The van der Waals surface area contributed by atoms with Crippen LogP contribution in [0.15, 0.2) is 17.2 Å². The summed E-state index contributed by atoms with van der Waals surface area (Å²) in [6.07, 6.45) is 1.41. The number of nitrogens with zero attached hydrogens (tertiary/aromatic N) is 3. The zero-order chi connectivity index (χ0) is 7.14. The zero-order valence-electron chi connectivity index (χ0n) is 5.06. The van der Waals surface area contributed by atoms with Gasteiger partial charge >= 0.3 is 6.02 Å². The van der Waals surface area contributed by atoms with Crippen molar-refractivity contribution in [2.45, 2.75) is 0 Å². The van der Waals surface area contributed by atoms with Crippen molar-refractivity contribution in [1.82, 2.24) is 10.1 Å². The molecule has 2 aliphatic heterocycles. The van der Waals surface area contributed by atoms with Gasteiger partial charge in [0.15, 0.2) is 0 Å². The van der Waals surface area contributed by atoms with E-state index in [2.05, 4.69) is 5.10 Å². The lowest BCUT2D eigenvalue weighted by Gasteiger charge is -2.06. The first-order valence-corrected chi connectivity index (χ1v) is 2.72. The van der Waals surface area contributed by atoms with Crippen LogP contribution in [-0.4, -0.2) is 28.0 Å². The summed E-state index contributed by atoms with van der Waals surface area (Å²) in [6, 6.07) is 0.111. The second-order valence-electron chi connectivity index (χ2n) is 1.99. The largest absolute Gasteiger partial charge is 0.404 e. The number of hydrogen-bond acceptors (Lipinski definition) is 6.